The summed E-state index contributed by atoms with van der Waals surface area (Å²) in [5, 5.41) is 11.1. The fraction of sp³-hybridized carbons (Fsp3) is 0.381. The van der Waals surface area contributed by atoms with Gasteiger partial charge in [0.1, 0.15) is 0 Å². The average Bonchev–Trinajstić information content (AvgIpc) is 3.33. The maximum Gasteiger partial charge on any atom is 0.340 e. The molecule has 9 heteroatoms. The van der Waals surface area contributed by atoms with Gasteiger partial charge in [0, 0.05) is 36.5 Å². The van der Waals surface area contributed by atoms with Gasteiger partial charge < -0.3 is 14.6 Å². The first kappa shape index (κ1) is 21.2. The van der Waals surface area contributed by atoms with Gasteiger partial charge in [-0.1, -0.05) is 0 Å². The van der Waals surface area contributed by atoms with Gasteiger partial charge in [-0.05, 0) is 45.2 Å². The topological polar surface area (TPSA) is 123 Å². The number of rotatable bonds is 7. The maximum atomic E-state index is 12.7. The van der Waals surface area contributed by atoms with Crippen LogP contribution in [0.15, 0.2) is 18.2 Å². The molecule has 9 nitrogen and oxygen atoms in total. The number of esters is 1. The van der Waals surface area contributed by atoms with Gasteiger partial charge in [0.05, 0.1) is 21.9 Å². The van der Waals surface area contributed by atoms with Crippen molar-refractivity contribution in [1.29, 1.82) is 0 Å². The zero-order valence-electron chi connectivity index (χ0n) is 17.1. The average molecular weight is 413 g/mol. The van der Waals surface area contributed by atoms with E-state index < -0.39 is 23.3 Å². The summed E-state index contributed by atoms with van der Waals surface area (Å²) in [7, 11) is 0. The second kappa shape index (κ2) is 8.48. The highest BCUT2D eigenvalue weighted by atomic mass is 16.6. The van der Waals surface area contributed by atoms with Crippen LogP contribution in [0.1, 0.15) is 62.2 Å². The Labute approximate surface area is 173 Å². The number of Topliss-reactive ketones (excluding diaryl/α,β-unsaturated/α-hetero) is 2. The summed E-state index contributed by atoms with van der Waals surface area (Å²) in [6.45, 7) is 5.70. The van der Waals surface area contributed by atoms with E-state index in [1.165, 1.54) is 19.1 Å². The van der Waals surface area contributed by atoms with Crippen LogP contribution in [0.4, 0.5) is 11.4 Å². The Kier molecular flexibility index (Phi) is 6.00. The van der Waals surface area contributed by atoms with Crippen LogP contribution in [0.2, 0.25) is 0 Å². The maximum absolute atomic E-state index is 12.7. The number of nitrogens with zero attached hydrogens (tertiary/aromatic N) is 2. The molecule has 0 saturated carbocycles. The number of ketones is 2. The molecule has 0 aliphatic carbocycles. The molecule has 30 heavy (non-hydrogen) atoms. The number of nitro benzene ring substituents is 1. The highest BCUT2D eigenvalue weighted by Crippen LogP contribution is 2.29. The van der Waals surface area contributed by atoms with E-state index in [1.807, 2.05) is 4.90 Å². The fourth-order valence-electron chi connectivity index (χ4n) is 3.87. The fourth-order valence-corrected chi connectivity index (χ4v) is 3.87. The number of nitro groups is 1. The third kappa shape index (κ3) is 4.10. The van der Waals surface area contributed by atoms with Crippen molar-refractivity contribution in [3.05, 3.63) is 56.4 Å². The standard InChI is InChI=1S/C21H23N3O6/c1-12-19(14(3)25)13(2)22-20(12)18(26)11-30-21(27)16-10-15(24(28)29)6-7-17(16)23-8-4-5-9-23/h6-7,10,22H,4-5,8-9,11H2,1-3H3. The SMILES string of the molecule is CC(=O)c1c(C)[nH]c(C(=O)COC(=O)c2cc([N+](=O)[O-])ccc2N2CCCC2)c1C. The predicted octanol–water partition coefficient (Wildman–Crippen LogP) is 3.38. The van der Waals surface area contributed by atoms with Crippen molar-refractivity contribution in [1.82, 2.24) is 4.98 Å². The lowest BCUT2D eigenvalue weighted by Crippen LogP contribution is -2.22. The Morgan fingerprint density at radius 1 is 1.20 bits per heavy atom. The minimum atomic E-state index is -0.804. The summed E-state index contributed by atoms with van der Waals surface area (Å²) in [5.41, 5.74) is 2.13. The molecule has 1 saturated heterocycles. The lowest BCUT2D eigenvalue weighted by Gasteiger charge is -2.20. The molecule has 2 heterocycles. The second-order valence-corrected chi connectivity index (χ2v) is 7.33. The van der Waals surface area contributed by atoms with Crippen LogP contribution >= 0.6 is 0 Å². The largest absolute Gasteiger partial charge is 0.454 e. The number of aromatic nitrogens is 1. The van der Waals surface area contributed by atoms with Crippen molar-refractivity contribution in [2.24, 2.45) is 0 Å². The van der Waals surface area contributed by atoms with Crippen LogP contribution in [-0.2, 0) is 4.74 Å². The van der Waals surface area contributed by atoms with Crippen molar-refractivity contribution in [2.75, 3.05) is 24.6 Å². The summed E-state index contributed by atoms with van der Waals surface area (Å²) in [5.74, 6) is -1.45. The first-order valence-electron chi connectivity index (χ1n) is 9.64. The molecule has 3 rings (SSSR count). The van der Waals surface area contributed by atoms with Crippen LogP contribution < -0.4 is 4.90 Å². The lowest BCUT2D eigenvalue weighted by molar-refractivity contribution is -0.384. The molecule has 1 aromatic carbocycles. The number of ether oxygens (including phenoxy) is 1. The van der Waals surface area contributed by atoms with Crippen molar-refractivity contribution >= 4 is 28.9 Å². The van der Waals surface area contributed by atoms with E-state index in [1.54, 1.807) is 19.9 Å². The van der Waals surface area contributed by atoms with E-state index in [9.17, 15) is 24.5 Å². The summed E-state index contributed by atoms with van der Waals surface area (Å²) in [6, 6.07) is 4.07. The van der Waals surface area contributed by atoms with Gasteiger partial charge in [-0.2, -0.15) is 0 Å². The Morgan fingerprint density at radius 3 is 2.43 bits per heavy atom. The quantitative estimate of drug-likeness (QED) is 0.319. The van der Waals surface area contributed by atoms with E-state index in [0.29, 0.717) is 22.5 Å². The van der Waals surface area contributed by atoms with Gasteiger partial charge in [-0.3, -0.25) is 19.7 Å². The molecule has 0 atom stereocenters. The van der Waals surface area contributed by atoms with Crippen molar-refractivity contribution in [3.8, 4) is 0 Å². The molecular weight excluding hydrogens is 390 g/mol. The van der Waals surface area contributed by atoms with Crippen molar-refractivity contribution in [3.63, 3.8) is 0 Å². The molecule has 1 N–H and O–H groups in total. The van der Waals surface area contributed by atoms with E-state index in [0.717, 1.165) is 25.9 Å². The molecule has 158 valence electrons. The summed E-state index contributed by atoms with van der Waals surface area (Å²) in [4.78, 5) is 52.4. The number of H-pyrrole nitrogens is 1. The Balaban J connectivity index is 1.81. The molecule has 1 aromatic heterocycles. The van der Waals surface area contributed by atoms with Crippen LogP contribution in [-0.4, -0.2) is 47.1 Å². The smallest absolute Gasteiger partial charge is 0.340 e. The normalized spacial score (nSPS) is 13.4. The molecule has 0 unspecified atom stereocenters. The van der Waals surface area contributed by atoms with E-state index >= 15 is 0 Å². The number of aromatic amines is 1. The van der Waals surface area contributed by atoms with E-state index in [4.69, 9.17) is 4.74 Å². The Morgan fingerprint density at radius 2 is 1.87 bits per heavy atom. The molecule has 0 amide bonds. The number of aryl methyl sites for hydroxylation is 1. The molecule has 1 aliphatic heterocycles. The third-order valence-electron chi connectivity index (χ3n) is 5.26. The molecule has 1 aliphatic rings. The minimum absolute atomic E-state index is 0.0581. The molecular formula is C21H23N3O6. The zero-order valence-corrected chi connectivity index (χ0v) is 17.1. The number of non-ortho nitro benzene ring substituents is 1. The molecule has 0 bridgehead atoms. The van der Waals surface area contributed by atoms with Gasteiger partial charge in [0.25, 0.3) is 5.69 Å². The van der Waals surface area contributed by atoms with Gasteiger partial charge in [-0.15, -0.1) is 0 Å². The summed E-state index contributed by atoms with van der Waals surface area (Å²) in [6.07, 6.45) is 1.93. The second-order valence-electron chi connectivity index (χ2n) is 7.33. The molecule has 0 radical (unpaired) electrons. The number of hydrogen-bond donors (Lipinski definition) is 1. The van der Waals surface area contributed by atoms with Crippen LogP contribution in [0, 0.1) is 24.0 Å². The van der Waals surface area contributed by atoms with Gasteiger partial charge >= 0.3 is 5.97 Å². The zero-order chi connectivity index (χ0) is 22.0. The molecule has 2 aromatic rings. The number of nitrogens with one attached hydrogen (secondary N) is 1. The van der Waals surface area contributed by atoms with Gasteiger partial charge in [-0.25, -0.2) is 4.79 Å². The highest BCUT2D eigenvalue weighted by molar-refractivity contribution is 6.05. The number of carbonyl (C=O) groups is 3. The van der Waals surface area contributed by atoms with E-state index in [2.05, 4.69) is 4.98 Å². The van der Waals surface area contributed by atoms with Crippen LogP contribution in [0.3, 0.4) is 0 Å². The van der Waals surface area contributed by atoms with Crippen molar-refractivity contribution < 1.29 is 24.0 Å². The Hall–Kier alpha value is -3.49. The van der Waals surface area contributed by atoms with Crippen molar-refractivity contribution in [2.45, 2.75) is 33.6 Å². The third-order valence-corrected chi connectivity index (χ3v) is 5.26. The van der Waals surface area contributed by atoms with Crippen LogP contribution in [0.25, 0.3) is 0 Å². The first-order chi connectivity index (χ1) is 14.2. The molecule has 0 spiro atoms. The van der Waals surface area contributed by atoms with Gasteiger partial charge in [0.15, 0.2) is 12.4 Å². The summed E-state index contributed by atoms with van der Waals surface area (Å²) < 4.78 is 5.20. The monoisotopic (exact) mass is 413 g/mol. The number of benzene rings is 1. The van der Waals surface area contributed by atoms with Crippen LogP contribution in [0.5, 0.6) is 0 Å². The summed E-state index contributed by atoms with van der Waals surface area (Å²) >= 11 is 0. The predicted molar refractivity (Wildman–Crippen MR) is 109 cm³/mol. The minimum Gasteiger partial charge on any atom is -0.454 e. The lowest BCUT2D eigenvalue weighted by atomic mass is 10.1. The number of hydrogen-bond acceptors (Lipinski definition) is 7. The van der Waals surface area contributed by atoms with E-state index in [-0.39, 0.29) is 22.7 Å². The van der Waals surface area contributed by atoms with Gasteiger partial charge in [0.2, 0.25) is 5.78 Å². The number of carbonyl (C=O) groups excluding carboxylic acids is 3. The Bertz CT molecular complexity index is 1030. The molecule has 1 fully saturated rings. The first-order valence-corrected chi connectivity index (χ1v) is 9.64. The number of anilines is 1. The highest BCUT2D eigenvalue weighted by Gasteiger charge is 2.25.